The molecule has 0 saturated carbocycles. The maximum Gasteiger partial charge on any atom is 0.337 e. The molecule has 2 aliphatic rings. The number of piperidine rings is 1. The van der Waals surface area contributed by atoms with Crippen LogP contribution in [-0.2, 0) is 24.2 Å². The molecule has 0 atom stereocenters. The molecule has 160 valence electrons. The Morgan fingerprint density at radius 3 is 2.77 bits per heavy atom. The highest BCUT2D eigenvalue weighted by atomic mass is 32.1. The molecular formula is C24H30N2O3S. The van der Waals surface area contributed by atoms with Gasteiger partial charge in [-0.2, -0.15) is 0 Å². The van der Waals surface area contributed by atoms with Crippen molar-refractivity contribution in [1.82, 2.24) is 5.32 Å². The van der Waals surface area contributed by atoms with Gasteiger partial charge in [0, 0.05) is 35.0 Å². The zero-order chi connectivity index (χ0) is 21.5. The summed E-state index contributed by atoms with van der Waals surface area (Å²) in [6.45, 7) is 5.81. The van der Waals surface area contributed by atoms with Gasteiger partial charge in [0.2, 0.25) is 5.91 Å². The predicted octanol–water partition coefficient (Wildman–Crippen LogP) is 4.86. The Bertz CT molecular complexity index is 993. The Labute approximate surface area is 182 Å². The lowest BCUT2D eigenvalue weighted by Crippen LogP contribution is -2.35. The van der Waals surface area contributed by atoms with Crippen LogP contribution in [0.15, 0.2) is 18.2 Å². The van der Waals surface area contributed by atoms with Gasteiger partial charge in [-0.1, -0.05) is 19.9 Å². The van der Waals surface area contributed by atoms with E-state index in [1.165, 1.54) is 4.88 Å². The first kappa shape index (κ1) is 21.1. The standard InChI is InChI=1S/C24H30N2O3S/c1-24(2)10-9-19-18(13-24)21(23(28)29)22(30-19)17-8-7-16(12-15(17)14-25-3)26-11-5-4-6-20(26)27/h7-8,12,25H,4-6,9-11,13-14H2,1-3H3,(H,28,29). The summed E-state index contributed by atoms with van der Waals surface area (Å²) in [5.41, 5.74) is 4.53. The summed E-state index contributed by atoms with van der Waals surface area (Å²) in [6.07, 6.45) is 5.40. The number of hydrogen-bond acceptors (Lipinski definition) is 4. The van der Waals surface area contributed by atoms with Crippen LogP contribution in [0.5, 0.6) is 0 Å². The molecule has 1 aliphatic heterocycles. The molecule has 1 aliphatic carbocycles. The lowest BCUT2D eigenvalue weighted by atomic mass is 9.76. The fourth-order valence-corrected chi connectivity index (χ4v) is 6.09. The second-order valence-corrected chi connectivity index (χ2v) is 10.3. The third-order valence-corrected chi connectivity index (χ3v) is 7.65. The lowest BCUT2D eigenvalue weighted by Gasteiger charge is -2.29. The van der Waals surface area contributed by atoms with E-state index >= 15 is 0 Å². The molecule has 1 aromatic heterocycles. The van der Waals surface area contributed by atoms with E-state index in [-0.39, 0.29) is 11.3 Å². The van der Waals surface area contributed by atoms with E-state index in [1.54, 1.807) is 11.3 Å². The zero-order valence-electron chi connectivity index (χ0n) is 18.0. The Kier molecular flexibility index (Phi) is 5.73. The average molecular weight is 427 g/mol. The molecule has 0 unspecified atom stereocenters. The molecule has 1 saturated heterocycles. The van der Waals surface area contributed by atoms with Gasteiger partial charge in [0.1, 0.15) is 0 Å². The monoisotopic (exact) mass is 426 g/mol. The topological polar surface area (TPSA) is 69.6 Å². The largest absolute Gasteiger partial charge is 0.478 e. The van der Waals surface area contributed by atoms with Crippen LogP contribution in [0, 0.1) is 5.41 Å². The van der Waals surface area contributed by atoms with E-state index in [2.05, 4.69) is 25.2 Å². The summed E-state index contributed by atoms with van der Waals surface area (Å²) in [5.74, 6) is -0.671. The van der Waals surface area contributed by atoms with E-state index in [0.29, 0.717) is 18.5 Å². The van der Waals surface area contributed by atoms with E-state index < -0.39 is 5.97 Å². The van der Waals surface area contributed by atoms with Crippen molar-refractivity contribution in [3.8, 4) is 10.4 Å². The van der Waals surface area contributed by atoms with Gasteiger partial charge in [-0.05, 0) is 73.4 Å². The molecule has 30 heavy (non-hydrogen) atoms. The number of anilines is 1. The molecule has 6 heteroatoms. The quantitative estimate of drug-likeness (QED) is 0.716. The highest BCUT2D eigenvalue weighted by molar-refractivity contribution is 7.16. The molecule has 1 fully saturated rings. The SMILES string of the molecule is CNCc1cc(N2CCCCC2=O)ccc1-c1sc2c(c1C(=O)O)CC(C)(C)CC2. The number of carbonyl (C=O) groups is 2. The summed E-state index contributed by atoms with van der Waals surface area (Å²) < 4.78 is 0. The predicted molar refractivity (Wildman–Crippen MR) is 121 cm³/mol. The number of aromatic carboxylic acids is 1. The van der Waals surface area contributed by atoms with Crippen LogP contribution in [-0.4, -0.2) is 30.6 Å². The van der Waals surface area contributed by atoms with Crippen LogP contribution in [0.25, 0.3) is 10.4 Å². The van der Waals surface area contributed by atoms with Crippen LogP contribution < -0.4 is 10.2 Å². The molecule has 0 spiro atoms. The Morgan fingerprint density at radius 2 is 2.07 bits per heavy atom. The van der Waals surface area contributed by atoms with Crippen molar-refractivity contribution >= 4 is 28.9 Å². The maximum atomic E-state index is 12.4. The molecule has 1 amide bonds. The molecule has 2 N–H and O–H groups in total. The number of nitrogens with one attached hydrogen (secondary N) is 1. The Hall–Kier alpha value is -2.18. The van der Waals surface area contributed by atoms with Gasteiger partial charge < -0.3 is 15.3 Å². The number of rotatable bonds is 5. The third-order valence-electron chi connectivity index (χ3n) is 6.32. The van der Waals surface area contributed by atoms with Crippen molar-refractivity contribution < 1.29 is 14.7 Å². The number of hydrogen-bond donors (Lipinski definition) is 2. The number of aryl methyl sites for hydroxylation is 1. The van der Waals surface area contributed by atoms with Gasteiger partial charge in [-0.3, -0.25) is 4.79 Å². The van der Waals surface area contributed by atoms with Gasteiger partial charge in [0.05, 0.1) is 5.56 Å². The summed E-state index contributed by atoms with van der Waals surface area (Å²) >= 11 is 1.64. The van der Waals surface area contributed by atoms with Crippen molar-refractivity contribution in [3.63, 3.8) is 0 Å². The Morgan fingerprint density at radius 1 is 1.27 bits per heavy atom. The summed E-state index contributed by atoms with van der Waals surface area (Å²) in [5, 5.41) is 13.3. The number of thiophene rings is 1. The first-order valence-electron chi connectivity index (χ1n) is 10.8. The van der Waals surface area contributed by atoms with Crippen molar-refractivity contribution in [2.75, 3.05) is 18.5 Å². The number of fused-ring (bicyclic) bond motifs is 1. The van der Waals surface area contributed by atoms with Crippen LogP contribution >= 0.6 is 11.3 Å². The average Bonchev–Trinajstić information content (AvgIpc) is 3.06. The second-order valence-electron chi connectivity index (χ2n) is 9.23. The minimum absolute atomic E-state index is 0.127. The van der Waals surface area contributed by atoms with E-state index in [4.69, 9.17) is 0 Å². The van der Waals surface area contributed by atoms with Crippen LogP contribution in [0.3, 0.4) is 0 Å². The number of amides is 1. The molecule has 0 radical (unpaired) electrons. The fourth-order valence-electron chi connectivity index (χ4n) is 4.72. The van der Waals surface area contributed by atoms with Crippen LogP contribution in [0.4, 0.5) is 5.69 Å². The molecule has 2 heterocycles. The van der Waals surface area contributed by atoms with Crippen molar-refractivity contribution in [1.29, 1.82) is 0 Å². The summed E-state index contributed by atoms with van der Waals surface area (Å²) in [4.78, 5) is 28.6. The van der Waals surface area contributed by atoms with Crippen molar-refractivity contribution in [3.05, 3.63) is 39.8 Å². The number of carboxylic acid groups (broad SMARTS) is 1. The van der Waals surface area contributed by atoms with Crippen molar-refractivity contribution in [2.24, 2.45) is 5.41 Å². The highest BCUT2D eigenvalue weighted by Gasteiger charge is 2.33. The maximum absolute atomic E-state index is 12.4. The molecule has 1 aromatic carbocycles. The first-order valence-corrected chi connectivity index (χ1v) is 11.6. The minimum atomic E-state index is -0.842. The van der Waals surface area contributed by atoms with Gasteiger partial charge in [0.25, 0.3) is 0 Å². The van der Waals surface area contributed by atoms with E-state index in [1.807, 2.05) is 24.1 Å². The molecule has 2 aromatic rings. The number of benzene rings is 1. The smallest absolute Gasteiger partial charge is 0.337 e. The van der Waals surface area contributed by atoms with Crippen LogP contribution in [0.2, 0.25) is 0 Å². The molecule has 5 nitrogen and oxygen atoms in total. The Balaban J connectivity index is 1.81. The van der Waals surface area contributed by atoms with Crippen LogP contribution in [0.1, 0.15) is 65.9 Å². The molecule has 0 bridgehead atoms. The normalized spacial score (nSPS) is 18.4. The number of carbonyl (C=O) groups excluding carboxylic acids is 1. The van der Waals surface area contributed by atoms with Gasteiger partial charge in [0.15, 0.2) is 0 Å². The van der Waals surface area contributed by atoms with Gasteiger partial charge in [-0.15, -0.1) is 11.3 Å². The third kappa shape index (κ3) is 3.91. The highest BCUT2D eigenvalue weighted by Crippen LogP contribution is 2.46. The fraction of sp³-hybridized carbons (Fsp3) is 0.500. The van der Waals surface area contributed by atoms with Crippen molar-refractivity contribution in [2.45, 2.75) is 58.9 Å². The summed E-state index contributed by atoms with van der Waals surface area (Å²) in [7, 11) is 1.89. The van der Waals surface area contributed by atoms with E-state index in [9.17, 15) is 14.7 Å². The second kappa shape index (κ2) is 8.16. The number of carboxylic acids is 1. The van der Waals surface area contributed by atoms with Gasteiger partial charge >= 0.3 is 5.97 Å². The lowest BCUT2D eigenvalue weighted by molar-refractivity contribution is -0.119. The summed E-state index contributed by atoms with van der Waals surface area (Å²) in [6, 6.07) is 6.05. The van der Waals surface area contributed by atoms with E-state index in [0.717, 1.165) is 65.9 Å². The molecule has 4 rings (SSSR count). The molecular weight excluding hydrogens is 396 g/mol. The first-order chi connectivity index (χ1) is 14.3. The van der Waals surface area contributed by atoms with Gasteiger partial charge in [-0.25, -0.2) is 4.79 Å². The minimum Gasteiger partial charge on any atom is -0.478 e. The number of nitrogens with zero attached hydrogens (tertiary/aromatic N) is 1. The zero-order valence-corrected chi connectivity index (χ0v) is 18.8.